The Morgan fingerprint density at radius 1 is 0.920 bits per heavy atom. The smallest absolute Gasteiger partial charge is 0.303 e. The second kappa shape index (κ2) is 7.57. The van der Waals surface area contributed by atoms with Crippen LogP contribution < -0.4 is 0 Å². The first-order valence-electron chi connectivity index (χ1n) is 7.34. The minimum atomic E-state index is -1.68. The molecular formula is C14H18N2O9. The molecule has 0 amide bonds. The Balaban J connectivity index is 2.42. The van der Waals surface area contributed by atoms with Crippen LogP contribution in [-0.4, -0.2) is 57.8 Å². The average Bonchev–Trinajstić information content (AvgIpc) is 2.90. The summed E-state index contributed by atoms with van der Waals surface area (Å²) in [5.74, 6) is -2.10. The summed E-state index contributed by atoms with van der Waals surface area (Å²) in [7, 11) is 0. The number of nitrogens with zero attached hydrogens (tertiary/aromatic N) is 2. The highest BCUT2D eigenvalue weighted by Gasteiger charge is 2.53. The molecule has 11 heteroatoms. The molecular weight excluding hydrogens is 340 g/mol. The highest BCUT2D eigenvalue weighted by molar-refractivity contribution is 5.68. The summed E-state index contributed by atoms with van der Waals surface area (Å²) in [5, 5.41) is 17.6. The molecule has 1 fully saturated rings. The van der Waals surface area contributed by atoms with Gasteiger partial charge in [-0.25, -0.2) is 0 Å². The van der Waals surface area contributed by atoms with Gasteiger partial charge in [-0.05, 0) is 0 Å². The minimum Gasteiger partial charge on any atom is -0.455 e. The predicted molar refractivity (Wildman–Crippen MR) is 75.5 cm³/mol. The van der Waals surface area contributed by atoms with Crippen LogP contribution >= 0.6 is 0 Å². The van der Waals surface area contributed by atoms with Crippen molar-refractivity contribution in [2.24, 2.45) is 0 Å². The van der Waals surface area contributed by atoms with Gasteiger partial charge in [-0.15, -0.1) is 10.2 Å². The van der Waals surface area contributed by atoms with E-state index in [2.05, 4.69) is 10.2 Å². The van der Waals surface area contributed by atoms with Crippen molar-refractivity contribution in [3.63, 3.8) is 0 Å². The van der Waals surface area contributed by atoms with Gasteiger partial charge in [0.25, 0.3) is 0 Å². The Morgan fingerprint density at radius 3 is 1.92 bits per heavy atom. The zero-order valence-corrected chi connectivity index (χ0v) is 14.0. The Morgan fingerprint density at radius 2 is 1.44 bits per heavy atom. The second-order valence-corrected chi connectivity index (χ2v) is 5.33. The monoisotopic (exact) mass is 358 g/mol. The van der Waals surface area contributed by atoms with E-state index in [1.54, 1.807) is 0 Å². The Bertz CT molecular complexity index is 658. The van der Waals surface area contributed by atoms with E-state index in [1.165, 1.54) is 6.92 Å². The van der Waals surface area contributed by atoms with Crippen molar-refractivity contribution in [3.8, 4) is 0 Å². The van der Waals surface area contributed by atoms with Crippen molar-refractivity contribution in [1.82, 2.24) is 10.2 Å². The normalized spacial score (nSPS) is 28.9. The lowest BCUT2D eigenvalue weighted by Crippen LogP contribution is -2.58. The first-order chi connectivity index (χ1) is 11.7. The lowest BCUT2D eigenvalue weighted by Gasteiger charge is -2.41. The van der Waals surface area contributed by atoms with E-state index < -0.39 is 48.6 Å². The molecule has 0 aliphatic carbocycles. The number of ether oxygens (including phenoxy) is 4. The zero-order chi connectivity index (χ0) is 18.7. The molecule has 0 spiro atoms. The lowest BCUT2D eigenvalue weighted by molar-refractivity contribution is -0.297. The number of aryl methyl sites for hydroxylation is 1. The summed E-state index contributed by atoms with van der Waals surface area (Å²) >= 11 is 0. The van der Waals surface area contributed by atoms with Crippen molar-refractivity contribution in [2.45, 2.75) is 58.4 Å². The van der Waals surface area contributed by atoms with Gasteiger partial charge in [0.15, 0.2) is 30.7 Å². The number of rotatable bonds is 4. The van der Waals surface area contributed by atoms with Gasteiger partial charge in [0.1, 0.15) is 0 Å². The minimum absolute atomic E-state index is 0.0961. The molecule has 0 radical (unpaired) electrons. The molecule has 1 aliphatic heterocycles. The van der Waals surface area contributed by atoms with Crippen molar-refractivity contribution < 1.29 is 42.9 Å². The van der Waals surface area contributed by atoms with E-state index in [9.17, 15) is 19.5 Å². The molecule has 1 aromatic rings. The maximum Gasteiger partial charge on any atom is 0.303 e. The van der Waals surface area contributed by atoms with Crippen LogP contribution in [0.5, 0.6) is 0 Å². The molecule has 2 heterocycles. The second-order valence-electron chi connectivity index (χ2n) is 5.33. The van der Waals surface area contributed by atoms with Crippen molar-refractivity contribution in [2.75, 3.05) is 0 Å². The maximum atomic E-state index is 11.5. The van der Waals surface area contributed by atoms with E-state index >= 15 is 0 Å². The summed E-state index contributed by atoms with van der Waals surface area (Å²) in [4.78, 5) is 34.2. The summed E-state index contributed by atoms with van der Waals surface area (Å²) in [6.45, 7) is 4.88. The molecule has 1 N–H and O–H groups in total. The van der Waals surface area contributed by atoms with Crippen LogP contribution in [0.15, 0.2) is 4.42 Å². The lowest BCUT2D eigenvalue weighted by atomic mass is 9.97. The largest absolute Gasteiger partial charge is 0.455 e. The predicted octanol–water partition coefficient (Wildman–Crippen LogP) is -0.437. The number of aliphatic hydroxyl groups is 1. The molecule has 1 unspecified atom stereocenters. The van der Waals surface area contributed by atoms with Crippen molar-refractivity contribution >= 4 is 17.9 Å². The molecule has 0 aromatic carbocycles. The SMILES string of the molecule is CC(=O)O[C@@H]1[C@@H](OC(C)=O)[C@H](OC(C)=O)C(c2nnc(C)o2)O[C@H]1O. The molecule has 5 atom stereocenters. The molecule has 1 aliphatic rings. The molecule has 0 bridgehead atoms. The van der Waals surface area contributed by atoms with Crippen LogP contribution in [-0.2, 0) is 33.3 Å². The molecule has 25 heavy (non-hydrogen) atoms. The Kier molecular flexibility index (Phi) is 5.69. The summed E-state index contributed by atoms with van der Waals surface area (Å²) in [6, 6.07) is 0. The molecule has 1 aromatic heterocycles. The van der Waals surface area contributed by atoms with E-state index in [1.807, 2.05) is 0 Å². The van der Waals surface area contributed by atoms with Crippen molar-refractivity contribution in [1.29, 1.82) is 0 Å². The highest BCUT2D eigenvalue weighted by atomic mass is 16.7. The third kappa shape index (κ3) is 4.51. The third-order valence-corrected chi connectivity index (χ3v) is 3.20. The summed E-state index contributed by atoms with van der Waals surface area (Å²) in [5.41, 5.74) is 0. The van der Waals surface area contributed by atoms with E-state index in [0.29, 0.717) is 0 Å². The number of hydrogen-bond donors (Lipinski definition) is 1. The van der Waals surface area contributed by atoms with Gasteiger partial charge in [-0.3, -0.25) is 14.4 Å². The molecule has 138 valence electrons. The average molecular weight is 358 g/mol. The maximum absolute atomic E-state index is 11.5. The number of carbonyl (C=O) groups is 3. The van der Waals surface area contributed by atoms with Crippen LogP contribution in [0.25, 0.3) is 0 Å². The van der Waals surface area contributed by atoms with Gasteiger partial charge in [-0.1, -0.05) is 0 Å². The number of aromatic nitrogens is 2. The van der Waals surface area contributed by atoms with Gasteiger partial charge >= 0.3 is 17.9 Å². The Labute approximate surface area is 142 Å². The fourth-order valence-electron chi connectivity index (χ4n) is 2.42. The van der Waals surface area contributed by atoms with Crippen molar-refractivity contribution in [3.05, 3.63) is 11.8 Å². The number of aliphatic hydroxyl groups excluding tert-OH is 1. The number of carbonyl (C=O) groups excluding carboxylic acids is 3. The third-order valence-electron chi connectivity index (χ3n) is 3.20. The van der Waals surface area contributed by atoms with E-state index in [-0.39, 0.29) is 11.8 Å². The van der Waals surface area contributed by atoms with Crippen LogP contribution in [0.4, 0.5) is 0 Å². The van der Waals surface area contributed by atoms with Gasteiger partial charge in [0, 0.05) is 27.7 Å². The first-order valence-corrected chi connectivity index (χ1v) is 7.34. The van der Waals surface area contributed by atoms with Gasteiger partial charge in [-0.2, -0.15) is 0 Å². The molecule has 2 rings (SSSR count). The fourth-order valence-corrected chi connectivity index (χ4v) is 2.42. The standard InChI is InChI=1S/C14H18N2O9/c1-5-15-16-13(21-5)11-9(22-6(2)17)10(23-7(3)18)12(14(20)25-11)24-8(4)19/h9-12,14,20H,1-4H3/t9-,10-,11?,12+,14+/m0/s1. The highest BCUT2D eigenvalue weighted by Crippen LogP contribution is 2.36. The first kappa shape index (κ1) is 18.8. The summed E-state index contributed by atoms with van der Waals surface area (Å²) in [6.07, 6.45) is -6.94. The van der Waals surface area contributed by atoms with Crippen LogP contribution in [0, 0.1) is 6.92 Å². The number of esters is 3. The van der Waals surface area contributed by atoms with Crippen LogP contribution in [0.1, 0.15) is 38.7 Å². The zero-order valence-electron chi connectivity index (χ0n) is 14.0. The van der Waals surface area contributed by atoms with Gasteiger partial charge in [0.05, 0.1) is 0 Å². The van der Waals surface area contributed by atoms with Gasteiger partial charge in [0.2, 0.25) is 11.8 Å². The van der Waals surface area contributed by atoms with E-state index in [0.717, 1.165) is 20.8 Å². The van der Waals surface area contributed by atoms with Crippen LogP contribution in [0.3, 0.4) is 0 Å². The fraction of sp³-hybridized carbons (Fsp3) is 0.643. The van der Waals surface area contributed by atoms with E-state index in [4.69, 9.17) is 23.4 Å². The Hall–Kier alpha value is -2.53. The number of hydrogen-bond acceptors (Lipinski definition) is 11. The van der Waals surface area contributed by atoms with Crippen LogP contribution in [0.2, 0.25) is 0 Å². The molecule has 0 saturated carbocycles. The van der Waals surface area contributed by atoms with Gasteiger partial charge < -0.3 is 28.5 Å². The summed E-state index contributed by atoms with van der Waals surface area (Å²) < 4.78 is 25.9. The topological polar surface area (TPSA) is 147 Å². The quantitative estimate of drug-likeness (QED) is 0.551. The molecule has 11 nitrogen and oxygen atoms in total. The molecule has 1 saturated heterocycles.